The maximum Gasteiger partial charge on any atom is 0.221 e. The zero-order valence-electron chi connectivity index (χ0n) is 12.9. The van der Waals surface area contributed by atoms with E-state index in [1.807, 2.05) is 13.8 Å². The molecule has 22 heavy (non-hydrogen) atoms. The van der Waals surface area contributed by atoms with E-state index in [1.165, 1.54) is 6.92 Å². The van der Waals surface area contributed by atoms with E-state index in [2.05, 4.69) is 15.4 Å². The summed E-state index contributed by atoms with van der Waals surface area (Å²) >= 11 is 0. The minimum Gasteiger partial charge on any atom is -0.491 e. The monoisotopic (exact) mass is 304 g/mol. The third-order valence-electron chi connectivity index (χ3n) is 2.96. The van der Waals surface area contributed by atoms with Gasteiger partial charge in [-0.2, -0.15) is 5.10 Å². The molecular formula is C15H20N4O3. The number of rotatable bonds is 6. The fraction of sp³-hybridized carbons (Fsp3) is 0.400. The third kappa shape index (κ3) is 4.56. The van der Waals surface area contributed by atoms with E-state index < -0.39 is 6.10 Å². The molecule has 0 aliphatic heterocycles. The summed E-state index contributed by atoms with van der Waals surface area (Å²) in [6.45, 7) is 5.58. The number of aryl methyl sites for hydroxylation is 2. The number of carbonyl (C=O) groups is 1. The highest BCUT2D eigenvalue weighted by Gasteiger charge is 2.10. The van der Waals surface area contributed by atoms with E-state index in [0.717, 1.165) is 5.82 Å². The Hall–Kier alpha value is -2.41. The largest absolute Gasteiger partial charge is 0.491 e. The van der Waals surface area contributed by atoms with Crippen LogP contribution in [0.15, 0.2) is 24.3 Å². The van der Waals surface area contributed by atoms with Crippen LogP contribution in [0.2, 0.25) is 0 Å². The van der Waals surface area contributed by atoms with Crippen LogP contribution in [0, 0.1) is 13.8 Å². The van der Waals surface area contributed by atoms with Gasteiger partial charge >= 0.3 is 0 Å². The fourth-order valence-corrected chi connectivity index (χ4v) is 2.02. The molecule has 0 saturated heterocycles. The molecule has 1 aromatic carbocycles. The number of hydrogen-bond acceptors (Lipinski definition) is 5. The number of amides is 1. The molecule has 1 atom stereocenters. The van der Waals surface area contributed by atoms with Crippen molar-refractivity contribution < 1.29 is 14.6 Å². The molecule has 7 nitrogen and oxygen atoms in total. The highest BCUT2D eigenvalue weighted by atomic mass is 16.5. The maximum absolute atomic E-state index is 10.9. The highest BCUT2D eigenvalue weighted by molar-refractivity contribution is 5.88. The Morgan fingerprint density at radius 3 is 2.59 bits per heavy atom. The van der Waals surface area contributed by atoms with E-state index in [0.29, 0.717) is 23.8 Å². The lowest BCUT2D eigenvalue weighted by Crippen LogP contribution is -2.24. The van der Waals surface area contributed by atoms with Crippen LogP contribution >= 0.6 is 0 Å². The molecule has 2 N–H and O–H groups in total. The molecule has 118 valence electrons. The van der Waals surface area contributed by atoms with Gasteiger partial charge in [-0.05, 0) is 38.1 Å². The topological polar surface area (TPSA) is 89.3 Å². The smallest absolute Gasteiger partial charge is 0.221 e. The van der Waals surface area contributed by atoms with Crippen LogP contribution in [0.1, 0.15) is 18.6 Å². The molecule has 1 heterocycles. The van der Waals surface area contributed by atoms with Crippen molar-refractivity contribution in [1.29, 1.82) is 0 Å². The number of nitrogens with zero attached hydrogens (tertiary/aromatic N) is 3. The van der Waals surface area contributed by atoms with Crippen molar-refractivity contribution in [2.75, 3.05) is 11.9 Å². The molecule has 0 radical (unpaired) electrons. The number of aliphatic hydroxyl groups is 1. The predicted octanol–water partition coefficient (Wildman–Crippen LogP) is 1.29. The Morgan fingerprint density at radius 2 is 2.05 bits per heavy atom. The zero-order chi connectivity index (χ0) is 16.1. The van der Waals surface area contributed by atoms with Gasteiger partial charge in [0, 0.05) is 12.6 Å². The third-order valence-corrected chi connectivity index (χ3v) is 2.96. The van der Waals surface area contributed by atoms with Gasteiger partial charge in [-0.1, -0.05) is 0 Å². The van der Waals surface area contributed by atoms with Crippen LogP contribution in [0.3, 0.4) is 0 Å². The standard InChI is InChI=1S/C15H20N4O3/c1-10-16-11(2)19(18-10)8-14(21)9-22-15-6-4-13(5-7-15)17-12(3)20/h4-7,14,21H,8-9H2,1-3H3,(H,17,20)/t14-/m0/s1. The van der Waals surface area contributed by atoms with Gasteiger partial charge in [0.2, 0.25) is 5.91 Å². The van der Waals surface area contributed by atoms with Gasteiger partial charge in [-0.25, -0.2) is 9.67 Å². The summed E-state index contributed by atoms with van der Waals surface area (Å²) in [5.74, 6) is 1.94. The molecule has 0 aliphatic rings. The first-order valence-corrected chi connectivity index (χ1v) is 7.00. The molecule has 0 bridgehead atoms. The average Bonchev–Trinajstić information content (AvgIpc) is 2.75. The molecule has 0 unspecified atom stereocenters. The van der Waals surface area contributed by atoms with Crippen LogP contribution < -0.4 is 10.1 Å². The molecular weight excluding hydrogens is 284 g/mol. The van der Waals surface area contributed by atoms with Crippen molar-refractivity contribution in [2.24, 2.45) is 0 Å². The molecule has 7 heteroatoms. The Balaban J connectivity index is 1.84. The predicted molar refractivity (Wildman–Crippen MR) is 81.7 cm³/mol. The molecule has 0 spiro atoms. The van der Waals surface area contributed by atoms with Crippen molar-refractivity contribution in [3.05, 3.63) is 35.9 Å². The number of anilines is 1. The van der Waals surface area contributed by atoms with E-state index in [-0.39, 0.29) is 12.5 Å². The molecule has 1 aromatic heterocycles. The zero-order valence-corrected chi connectivity index (χ0v) is 12.9. The molecule has 0 saturated carbocycles. The van der Waals surface area contributed by atoms with Crippen LogP contribution in [-0.2, 0) is 11.3 Å². The van der Waals surface area contributed by atoms with Gasteiger partial charge in [-0.15, -0.1) is 0 Å². The first-order chi connectivity index (χ1) is 10.4. The van der Waals surface area contributed by atoms with Crippen LogP contribution in [0.4, 0.5) is 5.69 Å². The molecule has 1 amide bonds. The fourth-order valence-electron chi connectivity index (χ4n) is 2.02. The van der Waals surface area contributed by atoms with Crippen molar-refractivity contribution in [2.45, 2.75) is 33.4 Å². The summed E-state index contributed by atoms with van der Waals surface area (Å²) in [7, 11) is 0. The molecule has 0 aliphatic carbocycles. The second-order valence-electron chi connectivity index (χ2n) is 5.06. The lowest BCUT2D eigenvalue weighted by atomic mass is 10.3. The van der Waals surface area contributed by atoms with Gasteiger partial charge < -0.3 is 15.2 Å². The molecule has 2 aromatic rings. The lowest BCUT2D eigenvalue weighted by Gasteiger charge is -2.13. The summed E-state index contributed by atoms with van der Waals surface area (Å²) in [5, 5.41) is 16.9. The minimum atomic E-state index is -0.685. The number of ether oxygens (including phenoxy) is 1. The number of nitrogens with one attached hydrogen (secondary N) is 1. The van der Waals surface area contributed by atoms with Crippen molar-refractivity contribution in [1.82, 2.24) is 14.8 Å². The van der Waals surface area contributed by atoms with Crippen molar-refractivity contribution in [3.8, 4) is 5.75 Å². The SMILES string of the molecule is CC(=O)Nc1ccc(OC[C@@H](O)Cn2nc(C)nc2C)cc1. The number of aliphatic hydroxyl groups excluding tert-OH is 1. The lowest BCUT2D eigenvalue weighted by molar-refractivity contribution is -0.114. The summed E-state index contributed by atoms with van der Waals surface area (Å²) in [6, 6.07) is 6.97. The van der Waals surface area contributed by atoms with Crippen LogP contribution in [0.25, 0.3) is 0 Å². The van der Waals surface area contributed by atoms with Gasteiger partial charge in [0.25, 0.3) is 0 Å². The van der Waals surface area contributed by atoms with Gasteiger partial charge in [0.1, 0.15) is 30.1 Å². The van der Waals surface area contributed by atoms with E-state index in [9.17, 15) is 9.90 Å². The Morgan fingerprint density at radius 1 is 1.36 bits per heavy atom. The molecule has 2 rings (SSSR count). The minimum absolute atomic E-state index is 0.123. The summed E-state index contributed by atoms with van der Waals surface area (Å²) < 4.78 is 7.18. The van der Waals surface area contributed by atoms with Crippen molar-refractivity contribution in [3.63, 3.8) is 0 Å². The van der Waals surface area contributed by atoms with Crippen LogP contribution in [-0.4, -0.2) is 38.5 Å². The van der Waals surface area contributed by atoms with E-state index in [4.69, 9.17) is 4.74 Å². The highest BCUT2D eigenvalue weighted by Crippen LogP contribution is 2.16. The Labute approximate surface area is 128 Å². The second-order valence-corrected chi connectivity index (χ2v) is 5.06. The number of carbonyl (C=O) groups excluding carboxylic acids is 1. The quantitative estimate of drug-likeness (QED) is 0.839. The van der Waals surface area contributed by atoms with Gasteiger partial charge in [0.15, 0.2) is 0 Å². The maximum atomic E-state index is 10.9. The number of aromatic nitrogens is 3. The van der Waals surface area contributed by atoms with E-state index >= 15 is 0 Å². The van der Waals surface area contributed by atoms with E-state index in [1.54, 1.807) is 28.9 Å². The molecule has 0 fully saturated rings. The summed E-state index contributed by atoms with van der Waals surface area (Å²) in [6.07, 6.45) is -0.685. The Kier molecular flexibility index (Phi) is 5.11. The van der Waals surface area contributed by atoms with Crippen LogP contribution in [0.5, 0.6) is 5.75 Å². The number of benzene rings is 1. The first-order valence-electron chi connectivity index (χ1n) is 7.00. The number of hydrogen-bond donors (Lipinski definition) is 2. The van der Waals surface area contributed by atoms with Crippen molar-refractivity contribution >= 4 is 11.6 Å². The van der Waals surface area contributed by atoms with Gasteiger partial charge in [-0.3, -0.25) is 4.79 Å². The summed E-state index contributed by atoms with van der Waals surface area (Å²) in [4.78, 5) is 15.1. The summed E-state index contributed by atoms with van der Waals surface area (Å²) in [5.41, 5.74) is 0.703. The van der Waals surface area contributed by atoms with Gasteiger partial charge in [0.05, 0.1) is 6.54 Å². The Bertz CT molecular complexity index is 637. The average molecular weight is 304 g/mol. The first kappa shape index (κ1) is 16.0. The second kappa shape index (κ2) is 7.04. The normalized spacial score (nSPS) is 12.0.